The van der Waals surface area contributed by atoms with E-state index in [-0.39, 0.29) is 6.04 Å². The summed E-state index contributed by atoms with van der Waals surface area (Å²) < 4.78 is 0. The Labute approximate surface area is 110 Å². The number of nitrogens with zero attached hydrogens (tertiary/aromatic N) is 3. The van der Waals surface area contributed by atoms with Crippen molar-refractivity contribution in [1.82, 2.24) is 20.2 Å². The zero-order valence-electron chi connectivity index (χ0n) is 11.7. The molecule has 1 aromatic rings. The molecule has 1 saturated heterocycles. The highest BCUT2D eigenvalue weighted by Crippen LogP contribution is 2.17. The van der Waals surface area contributed by atoms with Gasteiger partial charge in [-0.25, -0.2) is 0 Å². The van der Waals surface area contributed by atoms with Crippen LogP contribution in [0.3, 0.4) is 0 Å². The van der Waals surface area contributed by atoms with Crippen LogP contribution < -0.4 is 5.32 Å². The van der Waals surface area contributed by atoms with E-state index in [0.717, 1.165) is 24.5 Å². The minimum absolute atomic E-state index is 0.276. The highest BCUT2D eigenvalue weighted by atomic mass is 15.2. The molecule has 1 fully saturated rings. The van der Waals surface area contributed by atoms with Crippen LogP contribution in [0.25, 0.3) is 0 Å². The Morgan fingerprint density at radius 1 is 1.44 bits per heavy atom. The van der Waals surface area contributed by atoms with E-state index in [2.05, 4.69) is 34.0 Å². The molecule has 0 aromatic carbocycles. The average Bonchev–Trinajstić information content (AvgIpc) is 2.84. The third-order valence-electron chi connectivity index (χ3n) is 3.89. The normalized spacial score (nSPS) is 22.3. The van der Waals surface area contributed by atoms with Crippen LogP contribution in [0.5, 0.6) is 0 Å². The van der Waals surface area contributed by atoms with Crippen molar-refractivity contribution in [3.05, 3.63) is 23.8 Å². The van der Waals surface area contributed by atoms with Crippen molar-refractivity contribution in [1.29, 1.82) is 0 Å². The molecule has 0 spiro atoms. The van der Waals surface area contributed by atoms with Crippen LogP contribution in [0.2, 0.25) is 0 Å². The predicted molar refractivity (Wildman–Crippen MR) is 73.5 cm³/mol. The third-order valence-corrected chi connectivity index (χ3v) is 3.89. The summed E-state index contributed by atoms with van der Waals surface area (Å²) in [6, 6.07) is 0.965. The summed E-state index contributed by atoms with van der Waals surface area (Å²) in [5.41, 5.74) is 2.09. The first-order valence-electron chi connectivity index (χ1n) is 6.97. The number of likely N-dealkylation sites (tertiary alicyclic amines) is 1. The molecule has 100 valence electrons. The van der Waals surface area contributed by atoms with Gasteiger partial charge in [0, 0.05) is 31.0 Å². The quantitative estimate of drug-likeness (QED) is 0.864. The van der Waals surface area contributed by atoms with E-state index < -0.39 is 0 Å². The lowest BCUT2D eigenvalue weighted by Gasteiger charge is -2.25. The van der Waals surface area contributed by atoms with Crippen molar-refractivity contribution in [3.8, 4) is 0 Å². The minimum atomic E-state index is 0.276. The fourth-order valence-corrected chi connectivity index (χ4v) is 2.80. The molecule has 4 nitrogen and oxygen atoms in total. The fraction of sp³-hybridized carbons (Fsp3) is 0.714. The lowest BCUT2D eigenvalue weighted by atomic mass is 10.1. The topological polar surface area (TPSA) is 41.0 Å². The Hall–Kier alpha value is -1.00. The molecule has 4 heteroatoms. The second-order valence-electron chi connectivity index (χ2n) is 5.08. The van der Waals surface area contributed by atoms with Crippen molar-refractivity contribution >= 4 is 0 Å². The van der Waals surface area contributed by atoms with E-state index in [9.17, 15) is 0 Å². The molecule has 2 heterocycles. The minimum Gasteiger partial charge on any atom is -0.307 e. The molecule has 1 aromatic heterocycles. The SMILES string of the molecule is CCN1CCCC1CNC(C)c1nccnc1C. The monoisotopic (exact) mass is 248 g/mol. The molecule has 2 atom stereocenters. The average molecular weight is 248 g/mol. The number of hydrogen-bond acceptors (Lipinski definition) is 4. The van der Waals surface area contributed by atoms with Crippen molar-refractivity contribution in [2.24, 2.45) is 0 Å². The van der Waals surface area contributed by atoms with Crippen molar-refractivity contribution < 1.29 is 0 Å². The van der Waals surface area contributed by atoms with E-state index in [1.807, 2.05) is 6.92 Å². The Morgan fingerprint density at radius 2 is 2.22 bits per heavy atom. The van der Waals surface area contributed by atoms with Crippen LogP contribution in [0.15, 0.2) is 12.4 Å². The highest BCUT2D eigenvalue weighted by molar-refractivity contribution is 5.12. The number of hydrogen-bond donors (Lipinski definition) is 1. The number of rotatable bonds is 5. The van der Waals surface area contributed by atoms with Crippen LogP contribution in [0, 0.1) is 6.92 Å². The molecule has 0 bridgehead atoms. The zero-order valence-corrected chi connectivity index (χ0v) is 11.7. The van der Waals surface area contributed by atoms with E-state index in [1.54, 1.807) is 12.4 Å². The van der Waals surface area contributed by atoms with Crippen LogP contribution in [0.4, 0.5) is 0 Å². The summed E-state index contributed by atoms with van der Waals surface area (Å²) in [7, 11) is 0. The van der Waals surface area contributed by atoms with Gasteiger partial charge in [0.15, 0.2) is 0 Å². The van der Waals surface area contributed by atoms with E-state index in [0.29, 0.717) is 6.04 Å². The van der Waals surface area contributed by atoms with Gasteiger partial charge in [-0.15, -0.1) is 0 Å². The second-order valence-corrected chi connectivity index (χ2v) is 5.08. The van der Waals surface area contributed by atoms with Gasteiger partial charge in [0.2, 0.25) is 0 Å². The van der Waals surface area contributed by atoms with Gasteiger partial charge in [-0.3, -0.25) is 14.9 Å². The lowest BCUT2D eigenvalue weighted by molar-refractivity contribution is 0.255. The summed E-state index contributed by atoms with van der Waals surface area (Å²) >= 11 is 0. The zero-order chi connectivity index (χ0) is 13.0. The Kier molecular flexibility index (Phi) is 4.66. The van der Waals surface area contributed by atoms with Gasteiger partial charge >= 0.3 is 0 Å². The summed E-state index contributed by atoms with van der Waals surface area (Å²) in [4.78, 5) is 11.3. The third kappa shape index (κ3) is 3.06. The Bertz CT molecular complexity index is 380. The maximum absolute atomic E-state index is 4.42. The summed E-state index contributed by atoms with van der Waals surface area (Å²) in [5.74, 6) is 0. The number of nitrogens with one attached hydrogen (secondary N) is 1. The molecule has 0 amide bonds. The first-order chi connectivity index (χ1) is 8.72. The number of aromatic nitrogens is 2. The Balaban J connectivity index is 1.88. The second kappa shape index (κ2) is 6.25. The number of likely N-dealkylation sites (N-methyl/N-ethyl adjacent to an activating group) is 1. The molecule has 1 aliphatic heterocycles. The molecular weight excluding hydrogens is 224 g/mol. The summed E-state index contributed by atoms with van der Waals surface area (Å²) in [6.45, 7) is 9.89. The van der Waals surface area contributed by atoms with Crippen LogP contribution >= 0.6 is 0 Å². The summed E-state index contributed by atoms with van der Waals surface area (Å²) in [6.07, 6.45) is 6.17. The van der Waals surface area contributed by atoms with E-state index >= 15 is 0 Å². The molecule has 2 unspecified atom stereocenters. The van der Waals surface area contributed by atoms with Gasteiger partial charge in [-0.05, 0) is 39.8 Å². The predicted octanol–water partition coefficient (Wildman–Crippen LogP) is 1.92. The highest BCUT2D eigenvalue weighted by Gasteiger charge is 2.23. The van der Waals surface area contributed by atoms with Crippen molar-refractivity contribution in [2.45, 2.75) is 45.7 Å². The number of aryl methyl sites for hydroxylation is 1. The molecule has 0 radical (unpaired) electrons. The fourth-order valence-electron chi connectivity index (χ4n) is 2.80. The maximum Gasteiger partial charge on any atom is 0.0782 e. The van der Waals surface area contributed by atoms with Gasteiger partial charge in [0.05, 0.1) is 11.4 Å². The smallest absolute Gasteiger partial charge is 0.0782 e. The molecule has 2 rings (SSSR count). The Morgan fingerprint density at radius 3 is 2.94 bits per heavy atom. The van der Waals surface area contributed by atoms with Crippen LogP contribution in [-0.2, 0) is 0 Å². The molecule has 1 aliphatic rings. The van der Waals surface area contributed by atoms with Crippen LogP contribution in [0.1, 0.15) is 44.1 Å². The van der Waals surface area contributed by atoms with Crippen molar-refractivity contribution in [2.75, 3.05) is 19.6 Å². The van der Waals surface area contributed by atoms with Gasteiger partial charge in [-0.2, -0.15) is 0 Å². The summed E-state index contributed by atoms with van der Waals surface area (Å²) in [5, 5.41) is 3.60. The van der Waals surface area contributed by atoms with Gasteiger partial charge in [0.1, 0.15) is 0 Å². The molecule has 0 saturated carbocycles. The largest absolute Gasteiger partial charge is 0.307 e. The standard InChI is InChI=1S/C14H24N4/c1-4-18-9-5-6-13(18)10-17-12(3)14-11(2)15-7-8-16-14/h7-8,12-13,17H,4-6,9-10H2,1-3H3. The molecule has 1 N–H and O–H groups in total. The van der Waals surface area contributed by atoms with Gasteiger partial charge in [-0.1, -0.05) is 6.92 Å². The van der Waals surface area contributed by atoms with Crippen molar-refractivity contribution in [3.63, 3.8) is 0 Å². The van der Waals surface area contributed by atoms with E-state index in [1.165, 1.54) is 19.4 Å². The lowest BCUT2D eigenvalue weighted by Crippen LogP contribution is -2.38. The molecular formula is C14H24N4. The first-order valence-corrected chi connectivity index (χ1v) is 6.97. The first kappa shape index (κ1) is 13.4. The molecule has 0 aliphatic carbocycles. The van der Waals surface area contributed by atoms with Gasteiger partial charge in [0.25, 0.3) is 0 Å². The van der Waals surface area contributed by atoms with Crippen LogP contribution in [-0.4, -0.2) is 40.5 Å². The maximum atomic E-state index is 4.42. The molecule has 18 heavy (non-hydrogen) atoms. The van der Waals surface area contributed by atoms with E-state index in [4.69, 9.17) is 0 Å². The van der Waals surface area contributed by atoms with Gasteiger partial charge < -0.3 is 5.32 Å².